The van der Waals surface area contributed by atoms with Gasteiger partial charge in [-0.15, -0.1) is 0 Å². The van der Waals surface area contributed by atoms with Crippen LogP contribution in [0.2, 0.25) is 0 Å². The molecule has 0 aliphatic heterocycles. The van der Waals surface area contributed by atoms with Crippen LogP contribution >= 0.6 is 0 Å². The van der Waals surface area contributed by atoms with Gasteiger partial charge in [0.05, 0.1) is 0 Å². The highest BCUT2D eigenvalue weighted by Gasteiger charge is 2.22. The molecule has 0 aromatic heterocycles. The molecule has 2 rings (SSSR count). The minimum Gasteiger partial charge on any atom is -0.484 e. The summed E-state index contributed by atoms with van der Waals surface area (Å²) in [5.41, 5.74) is 6.25. The molecule has 1 aromatic rings. The van der Waals surface area contributed by atoms with Crippen molar-refractivity contribution in [3.8, 4) is 5.75 Å². The number of nitrogens with two attached hydrogens (primary N) is 1. The minimum atomic E-state index is -0.457. The van der Waals surface area contributed by atoms with E-state index < -0.39 is 5.91 Å². The SMILES string of the molecule is CC1CCCC1NCc1ccc(OCC(N)=O)cc1. The van der Waals surface area contributed by atoms with Gasteiger partial charge in [0.25, 0.3) is 5.91 Å². The van der Waals surface area contributed by atoms with Crippen molar-refractivity contribution in [1.29, 1.82) is 0 Å². The topological polar surface area (TPSA) is 64.3 Å². The normalized spacial score (nSPS) is 22.4. The molecule has 1 aliphatic rings. The van der Waals surface area contributed by atoms with Gasteiger partial charge in [-0.2, -0.15) is 0 Å². The summed E-state index contributed by atoms with van der Waals surface area (Å²) in [7, 11) is 0. The predicted molar refractivity (Wildman–Crippen MR) is 74.8 cm³/mol. The van der Waals surface area contributed by atoms with Crippen molar-refractivity contribution < 1.29 is 9.53 Å². The first kappa shape index (κ1) is 13.9. The average Bonchev–Trinajstić information content (AvgIpc) is 2.81. The van der Waals surface area contributed by atoms with E-state index in [1.54, 1.807) is 0 Å². The van der Waals surface area contributed by atoms with Crippen molar-refractivity contribution in [2.75, 3.05) is 6.61 Å². The van der Waals surface area contributed by atoms with E-state index in [1.165, 1.54) is 24.8 Å². The zero-order valence-electron chi connectivity index (χ0n) is 11.4. The smallest absolute Gasteiger partial charge is 0.255 e. The van der Waals surface area contributed by atoms with E-state index in [0.717, 1.165) is 12.5 Å². The summed E-state index contributed by atoms with van der Waals surface area (Å²) in [6.45, 7) is 3.12. The van der Waals surface area contributed by atoms with E-state index in [1.807, 2.05) is 24.3 Å². The zero-order chi connectivity index (χ0) is 13.7. The van der Waals surface area contributed by atoms with E-state index in [9.17, 15) is 4.79 Å². The van der Waals surface area contributed by atoms with Crippen LogP contribution in [0.5, 0.6) is 5.75 Å². The zero-order valence-corrected chi connectivity index (χ0v) is 11.4. The summed E-state index contributed by atoms with van der Waals surface area (Å²) in [6, 6.07) is 8.42. The van der Waals surface area contributed by atoms with Crippen LogP contribution in [0.25, 0.3) is 0 Å². The molecule has 1 aliphatic carbocycles. The predicted octanol–water partition coefficient (Wildman–Crippen LogP) is 1.83. The average molecular weight is 262 g/mol. The maximum absolute atomic E-state index is 10.6. The number of hydrogen-bond acceptors (Lipinski definition) is 3. The first-order valence-corrected chi connectivity index (χ1v) is 6.88. The second-order valence-electron chi connectivity index (χ2n) is 5.29. The van der Waals surface area contributed by atoms with Crippen molar-refractivity contribution in [3.63, 3.8) is 0 Å². The van der Waals surface area contributed by atoms with E-state index in [4.69, 9.17) is 10.5 Å². The molecule has 2 unspecified atom stereocenters. The van der Waals surface area contributed by atoms with Crippen LogP contribution in [0.15, 0.2) is 24.3 Å². The van der Waals surface area contributed by atoms with E-state index >= 15 is 0 Å². The van der Waals surface area contributed by atoms with Crippen molar-refractivity contribution in [2.24, 2.45) is 11.7 Å². The van der Waals surface area contributed by atoms with E-state index in [2.05, 4.69) is 12.2 Å². The van der Waals surface area contributed by atoms with Crippen molar-refractivity contribution in [2.45, 2.75) is 38.8 Å². The maximum Gasteiger partial charge on any atom is 0.255 e. The third-order valence-corrected chi connectivity index (χ3v) is 3.73. The summed E-state index contributed by atoms with van der Waals surface area (Å²) in [5.74, 6) is 0.996. The molecule has 0 spiro atoms. The highest BCUT2D eigenvalue weighted by atomic mass is 16.5. The summed E-state index contributed by atoms with van der Waals surface area (Å²) in [4.78, 5) is 10.6. The van der Waals surface area contributed by atoms with Crippen LogP contribution in [0.1, 0.15) is 31.7 Å². The molecule has 0 bridgehead atoms. The molecule has 19 heavy (non-hydrogen) atoms. The molecule has 1 saturated carbocycles. The van der Waals surface area contributed by atoms with Crippen molar-refractivity contribution in [3.05, 3.63) is 29.8 Å². The lowest BCUT2D eigenvalue weighted by Crippen LogP contribution is -2.30. The van der Waals surface area contributed by atoms with Gasteiger partial charge in [-0.05, 0) is 36.5 Å². The van der Waals surface area contributed by atoms with E-state index in [0.29, 0.717) is 11.8 Å². The number of nitrogens with one attached hydrogen (secondary N) is 1. The van der Waals surface area contributed by atoms with Crippen molar-refractivity contribution >= 4 is 5.91 Å². The minimum absolute atomic E-state index is 0.0722. The molecule has 3 N–H and O–H groups in total. The summed E-state index contributed by atoms with van der Waals surface area (Å²) in [6.07, 6.45) is 3.94. The Kier molecular flexibility index (Phi) is 4.80. The molecule has 4 heteroatoms. The number of amides is 1. The second kappa shape index (κ2) is 6.57. The maximum atomic E-state index is 10.6. The number of ether oxygens (including phenoxy) is 1. The van der Waals surface area contributed by atoms with Crippen LogP contribution < -0.4 is 15.8 Å². The first-order valence-electron chi connectivity index (χ1n) is 6.88. The molecular formula is C15H22N2O2. The summed E-state index contributed by atoms with van der Waals surface area (Å²) in [5, 5.41) is 3.60. The lowest BCUT2D eigenvalue weighted by molar-refractivity contribution is -0.119. The van der Waals surface area contributed by atoms with Gasteiger partial charge >= 0.3 is 0 Å². The summed E-state index contributed by atoms with van der Waals surface area (Å²) < 4.78 is 5.22. The van der Waals surface area contributed by atoms with Crippen LogP contribution in [-0.4, -0.2) is 18.6 Å². The van der Waals surface area contributed by atoms with Crippen LogP contribution in [0, 0.1) is 5.92 Å². The number of hydrogen-bond donors (Lipinski definition) is 2. The fourth-order valence-electron chi connectivity index (χ4n) is 2.56. The molecule has 1 fully saturated rings. The van der Waals surface area contributed by atoms with Gasteiger partial charge in [0, 0.05) is 12.6 Å². The number of benzene rings is 1. The fourth-order valence-corrected chi connectivity index (χ4v) is 2.56. The first-order chi connectivity index (χ1) is 9.15. The standard InChI is InChI=1S/C15H22N2O2/c1-11-3-2-4-14(11)17-9-12-5-7-13(8-6-12)19-10-15(16)18/h5-8,11,14,17H,2-4,9-10H2,1H3,(H2,16,18). The lowest BCUT2D eigenvalue weighted by atomic mass is 10.1. The molecule has 1 aromatic carbocycles. The van der Waals surface area contributed by atoms with Gasteiger partial charge in [0.15, 0.2) is 6.61 Å². The highest BCUT2D eigenvalue weighted by molar-refractivity contribution is 5.75. The Morgan fingerprint density at radius 2 is 2.11 bits per heavy atom. The number of carbonyl (C=O) groups excluding carboxylic acids is 1. The highest BCUT2D eigenvalue weighted by Crippen LogP contribution is 2.25. The molecule has 2 atom stereocenters. The molecule has 0 heterocycles. The molecule has 4 nitrogen and oxygen atoms in total. The van der Waals surface area contributed by atoms with Crippen LogP contribution in [-0.2, 0) is 11.3 Å². The Balaban J connectivity index is 1.79. The third-order valence-electron chi connectivity index (χ3n) is 3.73. The molecule has 0 radical (unpaired) electrons. The molecular weight excluding hydrogens is 240 g/mol. The number of carbonyl (C=O) groups is 1. The van der Waals surface area contributed by atoms with E-state index in [-0.39, 0.29) is 6.61 Å². The molecule has 0 saturated heterocycles. The van der Waals surface area contributed by atoms with Gasteiger partial charge in [0.2, 0.25) is 0 Å². The second-order valence-corrected chi connectivity index (χ2v) is 5.29. The van der Waals surface area contributed by atoms with Gasteiger partial charge < -0.3 is 15.8 Å². The van der Waals surface area contributed by atoms with Crippen molar-refractivity contribution in [1.82, 2.24) is 5.32 Å². The summed E-state index contributed by atoms with van der Waals surface area (Å²) >= 11 is 0. The lowest BCUT2D eigenvalue weighted by Gasteiger charge is -2.17. The van der Waals surface area contributed by atoms with Crippen LogP contribution in [0.4, 0.5) is 0 Å². The quantitative estimate of drug-likeness (QED) is 0.822. The Labute approximate surface area is 114 Å². The van der Waals surface area contributed by atoms with Gasteiger partial charge in [0.1, 0.15) is 5.75 Å². The number of rotatable bonds is 6. The van der Waals surface area contributed by atoms with Gasteiger partial charge in [-0.3, -0.25) is 4.79 Å². The Morgan fingerprint density at radius 1 is 1.37 bits per heavy atom. The fraction of sp³-hybridized carbons (Fsp3) is 0.533. The Hall–Kier alpha value is -1.55. The third kappa shape index (κ3) is 4.24. The largest absolute Gasteiger partial charge is 0.484 e. The Morgan fingerprint density at radius 3 is 2.68 bits per heavy atom. The van der Waals surface area contributed by atoms with Gasteiger partial charge in [-0.1, -0.05) is 25.5 Å². The Bertz CT molecular complexity index is 417. The van der Waals surface area contributed by atoms with Crippen LogP contribution in [0.3, 0.4) is 0 Å². The molecule has 104 valence electrons. The molecule has 1 amide bonds. The monoisotopic (exact) mass is 262 g/mol. The van der Waals surface area contributed by atoms with Gasteiger partial charge in [-0.25, -0.2) is 0 Å². The number of primary amides is 1.